The number of nitrogens with one attached hydrogen (secondary N) is 1. The summed E-state index contributed by atoms with van der Waals surface area (Å²) in [5.41, 5.74) is 1.12. The summed E-state index contributed by atoms with van der Waals surface area (Å²) < 4.78 is 23.7. The van der Waals surface area contributed by atoms with E-state index in [0.717, 1.165) is 5.56 Å². The van der Waals surface area contributed by atoms with Crippen molar-refractivity contribution in [1.29, 1.82) is 0 Å². The Bertz CT molecular complexity index is 821. The van der Waals surface area contributed by atoms with Crippen molar-refractivity contribution < 1.29 is 18.4 Å². The summed E-state index contributed by atoms with van der Waals surface area (Å²) in [5.74, 6) is -0.160. The third-order valence-electron chi connectivity index (χ3n) is 3.18. The fraction of sp³-hybridized carbons (Fsp3) is 0.118. The van der Waals surface area contributed by atoms with Crippen molar-refractivity contribution in [1.82, 2.24) is 15.5 Å². The maximum absolute atomic E-state index is 13.6. The third kappa shape index (κ3) is 3.95. The molecule has 3 aromatic rings. The van der Waals surface area contributed by atoms with E-state index in [4.69, 9.17) is 9.26 Å². The molecule has 0 saturated heterocycles. The summed E-state index contributed by atoms with van der Waals surface area (Å²) in [6, 6.07) is 15.4. The number of hydrogen-bond acceptors (Lipinski definition) is 5. The van der Waals surface area contributed by atoms with Gasteiger partial charge in [0.15, 0.2) is 0 Å². The average Bonchev–Trinajstić information content (AvgIpc) is 3.08. The summed E-state index contributed by atoms with van der Waals surface area (Å²) in [7, 11) is 0. The Hall–Kier alpha value is -3.22. The van der Waals surface area contributed by atoms with Gasteiger partial charge < -0.3 is 14.6 Å². The van der Waals surface area contributed by atoms with Crippen LogP contribution >= 0.6 is 0 Å². The van der Waals surface area contributed by atoms with Crippen LogP contribution in [0, 0.1) is 5.82 Å². The van der Waals surface area contributed by atoms with Crippen molar-refractivity contribution in [2.24, 2.45) is 0 Å². The molecule has 2 aromatic carbocycles. The summed E-state index contributed by atoms with van der Waals surface area (Å²) in [6.45, 7) is 0.159. The molecule has 0 aliphatic carbocycles. The number of halogens is 1. The van der Waals surface area contributed by atoms with E-state index in [1.165, 1.54) is 6.07 Å². The molecule has 24 heavy (non-hydrogen) atoms. The number of hydrogen-bond donors (Lipinski definition) is 1. The molecule has 0 aliphatic rings. The highest BCUT2D eigenvalue weighted by atomic mass is 19.1. The standard InChI is InChI=1S/C17H14FN3O3/c18-14-9-5-4-8-13(14)16-20-15(24-21-16)10-19-17(22)23-11-12-6-2-1-3-7-12/h1-9H,10-11H2,(H,19,22). The number of aromatic nitrogens is 2. The lowest BCUT2D eigenvalue weighted by atomic mass is 10.2. The topological polar surface area (TPSA) is 77.3 Å². The van der Waals surface area contributed by atoms with Gasteiger partial charge in [-0.2, -0.15) is 4.98 Å². The highest BCUT2D eigenvalue weighted by molar-refractivity contribution is 5.67. The number of carbonyl (C=O) groups excluding carboxylic acids is 1. The highest BCUT2D eigenvalue weighted by Gasteiger charge is 2.13. The molecule has 6 nitrogen and oxygen atoms in total. The number of carbonyl (C=O) groups is 1. The van der Waals surface area contributed by atoms with E-state index in [0.29, 0.717) is 0 Å². The number of amides is 1. The van der Waals surface area contributed by atoms with Crippen LogP contribution in [0.15, 0.2) is 59.1 Å². The van der Waals surface area contributed by atoms with Gasteiger partial charge in [0.1, 0.15) is 19.0 Å². The molecule has 0 atom stereocenters. The van der Waals surface area contributed by atoms with E-state index in [1.807, 2.05) is 30.3 Å². The molecule has 7 heteroatoms. The van der Waals surface area contributed by atoms with E-state index in [2.05, 4.69) is 15.5 Å². The smallest absolute Gasteiger partial charge is 0.407 e. The Balaban J connectivity index is 1.52. The number of nitrogens with zero attached hydrogens (tertiary/aromatic N) is 2. The molecule has 1 N–H and O–H groups in total. The van der Waals surface area contributed by atoms with Crippen LogP contribution < -0.4 is 5.32 Å². The zero-order valence-electron chi connectivity index (χ0n) is 12.6. The van der Waals surface area contributed by atoms with E-state index >= 15 is 0 Å². The van der Waals surface area contributed by atoms with Gasteiger partial charge in [-0.3, -0.25) is 0 Å². The molecule has 3 rings (SSSR count). The van der Waals surface area contributed by atoms with Crippen molar-refractivity contribution in [3.8, 4) is 11.4 Å². The predicted molar refractivity (Wildman–Crippen MR) is 83.2 cm³/mol. The second kappa shape index (κ2) is 7.36. The summed E-state index contributed by atoms with van der Waals surface area (Å²) in [5, 5.41) is 6.20. The molecule has 1 amide bonds. The number of rotatable bonds is 5. The quantitative estimate of drug-likeness (QED) is 0.778. The first-order chi connectivity index (χ1) is 11.7. The first-order valence-electron chi connectivity index (χ1n) is 7.24. The Kier molecular flexibility index (Phi) is 4.81. The molecule has 0 spiro atoms. The molecule has 0 aliphatic heterocycles. The van der Waals surface area contributed by atoms with Gasteiger partial charge in [0.2, 0.25) is 11.7 Å². The van der Waals surface area contributed by atoms with E-state index in [1.54, 1.807) is 18.2 Å². The van der Waals surface area contributed by atoms with Gasteiger partial charge in [0.05, 0.1) is 5.56 Å². The first-order valence-corrected chi connectivity index (χ1v) is 7.24. The van der Waals surface area contributed by atoms with Crippen molar-refractivity contribution in [2.45, 2.75) is 13.2 Å². The molecule has 122 valence electrons. The predicted octanol–water partition coefficient (Wildman–Crippen LogP) is 3.30. The summed E-state index contributed by atoms with van der Waals surface area (Å²) >= 11 is 0. The van der Waals surface area contributed by atoms with Crippen LogP contribution in [0.25, 0.3) is 11.4 Å². The van der Waals surface area contributed by atoms with Crippen molar-refractivity contribution in [2.75, 3.05) is 0 Å². The Labute approximate surface area is 137 Å². The van der Waals surface area contributed by atoms with Gasteiger partial charge in [-0.25, -0.2) is 9.18 Å². The van der Waals surface area contributed by atoms with Gasteiger partial charge in [0.25, 0.3) is 0 Å². The molecule has 0 unspecified atom stereocenters. The van der Waals surface area contributed by atoms with Crippen LogP contribution in [0.3, 0.4) is 0 Å². The fourth-order valence-corrected chi connectivity index (χ4v) is 2.00. The molecular formula is C17H14FN3O3. The lowest BCUT2D eigenvalue weighted by molar-refractivity contribution is 0.138. The van der Waals surface area contributed by atoms with E-state index in [9.17, 15) is 9.18 Å². The SMILES string of the molecule is O=C(NCc1nc(-c2ccccc2F)no1)OCc1ccccc1. The van der Waals surface area contributed by atoms with Crippen LogP contribution in [0.2, 0.25) is 0 Å². The van der Waals surface area contributed by atoms with Crippen molar-refractivity contribution in [3.63, 3.8) is 0 Å². The number of benzene rings is 2. The van der Waals surface area contributed by atoms with Gasteiger partial charge in [0, 0.05) is 0 Å². The molecule has 1 aromatic heterocycles. The molecule has 0 radical (unpaired) electrons. The van der Waals surface area contributed by atoms with Crippen LogP contribution in [-0.2, 0) is 17.9 Å². The lowest BCUT2D eigenvalue weighted by Gasteiger charge is -2.05. The van der Waals surface area contributed by atoms with Crippen molar-refractivity contribution >= 4 is 6.09 Å². The normalized spacial score (nSPS) is 10.4. The molecule has 1 heterocycles. The highest BCUT2D eigenvalue weighted by Crippen LogP contribution is 2.18. The minimum Gasteiger partial charge on any atom is -0.445 e. The van der Waals surface area contributed by atoms with Crippen LogP contribution in [0.4, 0.5) is 9.18 Å². The lowest BCUT2D eigenvalue weighted by Crippen LogP contribution is -2.23. The molecule has 0 fully saturated rings. The maximum atomic E-state index is 13.6. The Morgan fingerprint density at radius 3 is 2.67 bits per heavy atom. The van der Waals surface area contributed by atoms with Crippen molar-refractivity contribution in [3.05, 3.63) is 71.9 Å². The second-order valence-electron chi connectivity index (χ2n) is 4.91. The monoisotopic (exact) mass is 327 g/mol. The van der Waals surface area contributed by atoms with E-state index in [-0.39, 0.29) is 30.4 Å². The van der Waals surface area contributed by atoms with Crippen LogP contribution in [0.1, 0.15) is 11.5 Å². The van der Waals surface area contributed by atoms with E-state index < -0.39 is 11.9 Å². The molecule has 0 saturated carbocycles. The summed E-state index contributed by atoms with van der Waals surface area (Å²) in [6.07, 6.45) is -0.607. The fourth-order valence-electron chi connectivity index (χ4n) is 2.00. The third-order valence-corrected chi connectivity index (χ3v) is 3.18. The zero-order valence-corrected chi connectivity index (χ0v) is 12.6. The maximum Gasteiger partial charge on any atom is 0.407 e. The Morgan fingerprint density at radius 2 is 1.88 bits per heavy atom. The zero-order chi connectivity index (χ0) is 16.8. The van der Waals surface area contributed by atoms with Crippen LogP contribution in [0.5, 0.6) is 0 Å². The van der Waals surface area contributed by atoms with Gasteiger partial charge in [-0.15, -0.1) is 0 Å². The van der Waals surface area contributed by atoms with Crippen LogP contribution in [-0.4, -0.2) is 16.2 Å². The minimum absolute atomic E-state index is 0.00489. The Morgan fingerprint density at radius 1 is 1.12 bits per heavy atom. The van der Waals surface area contributed by atoms with Gasteiger partial charge in [-0.1, -0.05) is 47.6 Å². The number of alkyl carbamates (subject to hydrolysis) is 1. The first kappa shape index (κ1) is 15.7. The number of ether oxygens (including phenoxy) is 1. The van der Waals surface area contributed by atoms with Gasteiger partial charge in [-0.05, 0) is 17.7 Å². The largest absolute Gasteiger partial charge is 0.445 e. The van der Waals surface area contributed by atoms with Gasteiger partial charge >= 0.3 is 6.09 Å². The minimum atomic E-state index is -0.607. The molecular weight excluding hydrogens is 313 g/mol. The molecule has 0 bridgehead atoms. The second-order valence-corrected chi connectivity index (χ2v) is 4.91. The average molecular weight is 327 g/mol. The summed E-state index contributed by atoms with van der Waals surface area (Å²) in [4.78, 5) is 15.7.